The molecular weight excluding hydrogens is 538 g/mol. The molecule has 160 valence electrons. The number of nitro groups is 1. The van der Waals surface area contributed by atoms with Crippen molar-refractivity contribution in [3.8, 4) is 11.5 Å². The number of rotatable bonds is 7. The summed E-state index contributed by atoms with van der Waals surface area (Å²) in [7, 11) is 1.43. The predicted octanol–water partition coefficient (Wildman–Crippen LogP) is 3.84. The highest BCUT2D eigenvalue weighted by Gasteiger charge is 2.15. The molecule has 1 aromatic heterocycles. The fraction of sp³-hybridized carbons (Fsp3) is 0.105. The van der Waals surface area contributed by atoms with Gasteiger partial charge in [0.1, 0.15) is 0 Å². The Morgan fingerprint density at radius 1 is 1.35 bits per heavy atom. The van der Waals surface area contributed by atoms with Crippen molar-refractivity contribution in [2.75, 3.05) is 7.11 Å². The van der Waals surface area contributed by atoms with E-state index < -0.39 is 10.8 Å². The first-order valence-corrected chi connectivity index (χ1v) is 10.2. The van der Waals surface area contributed by atoms with Gasteiger partial charge in [0.2, 0.25) is 0 Å². The summed E-state index contributed by atoms with van der Waals surface area (Å²) in [6, 6.07) is 9.26. The van der Waals surface area contributed by atoms with Crippen LogP contribution in [-0.2, 0) is 6.54 Å². The molecule has 0 aliphatic heterocycles. The maximum absolute atomic E-state index is 12.4. The number of ether oxygens (including phenoxy) is 1. The van der Waals surface area contributed by atoms with Gasteiger partial charge in [-0.2, -0.15) is 10.2 Å². The van der Waals surface area contributed by atoms with Crippen molar-refractivity contribution in [3.63, 3.8) is 0 Å². The number of non-ortho nitro benzene ring substituents is 1. The fourth-order valence-corrected chi connectivity index (χ4v) is 3.55. The smallest absolute Gasteiger partial charge is 0.293 e. The predicted molar refractivity (Wildman–Crippen MR) is 120 cm³/mol. The highest BCUT2D eigenvalue weighted by Crippen LogP contribution is 2.32. The zero-order valence-corrected chi connectivity index (χ0v) is 19.1. The molecule has 0 aliphatic rings. The number of amides is 1. The Morgan fingerprint density at radius 3 is 2.71 bits per heavy atom. The summed E-state index contributed by atoms with van der Waals surface area (Å²) in [4.78, 5) is 22.7. The zero-order chi connectivity index (χ0) is 22.5. The molecule has 0 fully saturated rings. The van der Waals surface area contributed by atoms with Crippen LogP contribution in [0.4, 0.5) is 5.69 Å². The topological polar surface area (TPSA) is 132 Å². The number of hydrogen-bond acceptors (Lipinski definition) is 7. The molecule has 0 unspecified atom stereocenters. The Morgan fingerprint density at radius 2 is 2.06 bits per heavy atom. The summed E-state index contributed by atoms with van der Waals surface area (Å²) in [6.07, 6.45) is 2.90. The van der Waals surface area contributed by atoms with Crippen LogP contribution < -0.4 is 10.2 Å². The van der Waals surface area contributed by atoms with E-state index in [4.69, 9.17) is 4.74 Å². The maximum Gasteiger partial charge on any atom is 0.293 e. The van der Waals surface area contributed by atoms with Crippen molar-refractivity contribution >= 4 is 49.7 Å². The molecular formula is C19H15Br2N5O5. The molecule has 0 aliphatic carbocycles. The molecule has 1 heterocycles. The van der Waals surface area contributed by atoms with Crippen LogP contribution >= 0.6 is 31.9 Å². The summed E-state index contributed by atoms with van der Waals surface area (Å²) in [5.74, 6) is -0.417. The molecule has 12 heteroatoms. The third kappa shape index (κ3) is 5.47. The number of halogens is 2. The minimum Gasteiger partial charge on any atom is -0.504 e. The van der Waals surface area contributed by atoms with E-state index in [1.807, 2.05) is 0 Å². The Labute approximate surface area is 192 Å². The van der Waals surface area contributed by atoms with Crippen LogP contribution in [0.1, 0.15) is 21.6 Å². The Kier molecular flexibility index (Phi) is 7.02. The molecule has 2 N–H and O–H groups in total. The highest BCUT2D eigenvalue weighted by atomic mass is 79.9. The lowest BCUT2D eigenvalue weighted by Gasteiger charge is -2.06. The number of carbonyl (C=O) groups is 1. The number of nitrogens with one attached hydrogen (secondary N) is 1. The van der Waals surface area contributed by atoms with E-state index >= 15 is 0 Å². The van der Waals surface area contributed by atoms with Crippen LogP contribution in [0.3, 0.4) is 0 Å². The van der Waals surface area contributed by atoms with E-state index in [2.05, 4.69) is 47.5 Å². The molecule has 1 amide bonds. The second-order valence-electron chi connectivity index (χ2n) is 6.19. The Hall–Kier alpha value is -3.25. The second-order valence-corrected chi connectivity index (χ2v) is 7.96. The summed E-state index contributed by atoms with van der Waals surface area (Å²) in [5.41, 5.74) is 3.58. The first-order valence-electron chi connectivity index (χ1n) is 8.64. The largest absolute Gasteiger partial charge is 0.504 e. The quantitative estimate of drug-likeness (QED) is 0.260. The van der Waals surface area contributed by atoms with E-state index in [-0.39, 0.29) is 22.9 Å². The van der Waals surface area contributed by atoms with Gasteiger partial charge in [0, 0.05) is 28.4 Å². The molecule has 3 rings (SSSR count). The molecule has 10 nitrogen and oxygen atoms in total. The van der Waals surface area contributed by atoms with Crippen molar-refractivity contribution in [2.24, 2.45) is 5.10 Å². The third-order valence-electron chi connectivity index (χ3n) is 4.08. The normalized spacial score (nSPS) is 10.9. The SMILES string of the molecule is COc1cc(Br)cc(/C=N/NC(=O)c2nn(Cc3ccc([N+](=O)[O-])cc3)cc2Br)c1O. The first kappa shape index (κ1) is 22.4. The summed E-state index contributed by atoms with van der Waals surface area (Å²) < 4.78 is 7.71. The molecule has 0 saturated carbocycles. The molecule has 31 heavy (non-hydrogen) atoms. The zero-order valence-electron chi connectivity index (χ0n) is 16.0. The van der Waals surface area contributed by atoms with Gasteiger partial charge in [-0.15, -0.1) is 0 Å². The van der Waals surface area contributed by atoms with Gasteiger partial charge in [0.15, 0.2) is 17.2 Å². The van der Waals surface area contributed by atoms with E-state index in [1.165, 1.54) is 30.1 Å². The minimum atomic E-state index is -0.563. The van der Waals surface area contributed by atoms with E-state index in [0.29, 0.717) is 21.1 Å². The van der Waals surface area contributed by atoms with Crippen molar-refractivity contribution in [2.45, 2.75) is 6.54 Å². The van der Waals surface area contributed by atoms with Gasteiger partial charge in [-0.25, -0.2) is 5.43 Å². The van der Waals surface area contributed by atoms with Crippen LogP contribution in [0.25, 0.3) is 0 Å². The van der Waals surface area contributed by atoms with Crippen molar-refractivity contribution in [1.29, 1.82) is 0 Å². The summed E-state index contributed by atoms with van der Waals surface area (Å²) >= 11 is 6.59. The van der Waals surface area contributed by atoms with Crippen LogP contribution in [-0.4, -0.2) is 39.0 Å². The highest BCUT2D eigenvalue weighted by molar-refractivity contribution is 9.10. The monoisotopic (exact) mass is 551 g/mol. The lowest BCUT2D eigenvalue weighted by Crippen LogP contribution is -2.19. The van der Waals surface area contributed by atoms with Gasteiger partial charge >= 0.3 is 0 Å². The minimum absolute atomic E-state index is 0.00238. The van der Waals surface area contributed by atoms with Crippen LogP contribution in [0.15, 0.2) is 56.6 Å². The van der Waals surface area contributed by atoms with E-state index in [1.54, 1.807) is 30.5 Å². The first-order chi connectivity index (χ1) is 14.8. The summed E-state index contributed by atoms with van der Waals surface area (Å²) in [6.45, 7) is 0.318. The van der Waals surface area contributed by atoms with Crippen molar-refractivity contribution < 1.29 is 19.6 Å². The molecule has 0 bridgehead atoms. The fourth-order valence-electron chi connectivity index (χ4n) is 2.60. The number of aromatic hydroxyl groups is 1. The Bertz CT molecular complexity index is 1160. The van der Waals surface area contributed by atoms with Gasteiger partial charge in [0.05, 0.1) is 29.3 Å². The van der Waals surface area contributed by atoms with Gasteiger partial charge in [-0.05, 0) is 33.6 Å². The lowest BCUT2D eigenvalue weighted by molar-refractivity contribution is -0.384. The maximum atomic E-state index is 12.4. The molecule has 0 radical (unpaired) electrons. The van der Waals surface area contributed by atoms with Crippen molar-refractivity contribution in [3.05, 3.63) is 78.5 Å². The number of phenols is 1. The van der Waals surface area contributed by atoms with Crippen LogP contribution in [0.5, 0.6) is 11.5 Å². The molecule has 3 aromatic rings. The third-order valence-corrected chi connectivity index (χ3v) is 5.12. The molecule has 0 atom stereocenters. The molecule has 0 saturated heterocycles. The lowest BCUT2D eigenvalue weighted by atomic mass is 10.2. The van der Waals surface area contributed by atoms with Crippen LogP contribution in [0.2, 0.25) is 0 Å². The van der Waals surface area contributed by atoms with Gasteiger partial charge in [-0.3, -0.25) is 19.6 Å². The number of nitrogens with zero attached hydrogens (tertiary/aromatic N) is 4. The van der Waals surface area contributed by atoms with Crippen molar-refractivity contribution in [1.82, 2.24) is 15.2 Å². The number of hydrogen-bond donors (Lipinski definition) is 2. The molecule has 0 spiro atoms. The number of benzene rings is 2. The van der Waals surface area contributed by atoms with Gasteiger partial charge in [-0.1, -0.05) is 28.1 Å². The van der Waals surface area contributed by atoms with E-state index in [9.17, 15) is 20.0 Å². The average Bonchev–Trinajstić information content (AvgIpc) is 3.10. The number of phenolic OH excluding ortho intramolecular Hbond substituents is 1. The summed E-state index contributed by atoms with van der Waals surface area (Å²) in [5, 5.41) is 28.9. The number of methoxy groups -OCH3 is 1. The molecule has 2 aromatic carbocycles. The number of hydrazone groups is 1. The number of nitro benzene ring substituents is 1. The average molecular weight is 553 g/mol. The van der Waals surface area contributed by atoms with E-state index in [0.717, 1.165) is 5.56 Å². The van der Waals surface area contributed by atoms with Gasteiger partial charge < -0.3 is 9.84 Å². The number of aromatic nitrogens is 2. The van der Waals surface area contributed by atoms with Gasteiger partial charge in [0.25, 0.3) is 11.6 Å². The second kappa shape index (κ2) is 9.71. The van der Waals surface area contributed by atoms with Crippen LogP contribution in [0, 0.1) is 10.1 Å². The standard InChI is InChI=1S/C19H15Br2N5O5/c1-31-16-7-13(20)6-12(18(16)27)8-22-23-19(28)17-15(21)10-25(24-17)9-11-2-4-14(5-3-11)26(29)30/h2-8,10,27H,9H2,1H3,(H,23,28)/b22-8+. The Balaban J connectivity index is 1.69. The number of carbonyl (C=O) groups excluding carboxylic acids is 1.